The molecule has 1 N–H and O–H groups in total. The standard InChI is InChI=1S/C20H34O5/c1-15(2)17(21)24-16-9-7-6-8-11-18(3,12-10-16)25-19(4)13-20(5,22)23-14-19/h16,22H,1,6-14H2,2-5H3. The van der Waals surface area contributed by atoms with Crippen LogP contribution in [0.2, 0.25) is 0 Å². The SMILES string of the molecule is C=C(C)C(=O)OC1CCCCCC(C)(OC2(C)COC(C)(O)C2)CC1. The maximum absolute atomic E-state index is 11.9. The Labute approximate surface area is 151 Å². The lowest BCUT2D eigenvalue weighted by atomic mass is 9.90. The smallest absolute Gasteiger partial charge is 0.333 e. The highest BCUT2D eigenvalue weighted by molar-refractivity contribution is 5.87. The molecular formula is C20H34O5. The molecule has 5 nitrogen and oxygen atoms in total. The third-order valence-electron chi connectivity index (χ3n) is 5.23. The van der Waals surface area contributed by atoms with Gasteiger partial charge in [-0.3, -0.25) is 0 Å². The Morgan fingerprint density at radius 3 is 2.44 bits per heavy atom. The van der Waals surface area contributed by atoms with E-state index in [0.29, 0.717) is 18.6 Å². The van der Waals surface area contributed by atoms with Crippen LogP contribution in [0, 0.1) is 0 Å². The fraction of sp³-hybridized carbons (Fsp3) is 0.850. The van der Waals surface area contributed by atoms with E-state index in [1.54, 1.807) is 13.8 Å². The summed E-state index contributed by atoms with van der Waals surface area (Å²) in [5.41, 5.74) is -0.357. The molecule has 0 aromatic heterocycles. The molecule has 2 aliphatic rings. The first-order valence-electron chi connectivity index (χ1n) is 9.46. The predicted molar refractivity (Wildman–Crippen MR) is 96.1 cm³/mol. The van der Waals surface area contributed by atoms with Gasteiger partial charge in [-0.05, 0) is 59.8 Å². The lowest BCUT2D eigenvalue weighted by Gasteiger charge is -2.38. The second-order valence-corrected chi connectivity index (χ2v) is 8.59. The van der Waals surface area contributed by atoms with Crippen molar-refractivity contribution in [1.82, 2.24) is 0 Å². The van der Waals surface area contributed by atoms with Crippen LogP contribution in [0.15, 0.2) is 12.2 Å². The number of carbonyl (C=O) groups is 1. The molecular weight excluding hydrogens is 320 g/mol. The Balaban J connectivity index is 2.01. The number of aliphatic hydroxyl groups is 1. The van der Waals surface area contributed by atoms with Crippen molar-refractivity contribution in [3.05, 3.63) is 12.2 Å². The highest BCUT2D eigenvalue weighted by Gasteiger charge is 2.47. The molecule has 0 amide bonds. The largest absolute Gasteiger partial charge is 0.459 e. The first-order valence-corrected chi connectivity index (χ1v) is 9.46. The van der Waals surface area contributed by atoms with Gasteiger partial charge in [0.25, 0.3) is 0 Å². The zero-order chi connectivity index (χ0) is 18.7. The normalized spacial score (nSPS) is 40.0. The van der Waals surface area contributed by atoms with Crippen molar-refractivity contribution in [2.45, 2.75) is 102 Å². The van der Waals surface area contributed by atoms with Crippen LogP contribution in [0.3, 0.4) is 0 Å². The molecule has 5 heteroatoms. The van der Waals surface area contributed by atoms with Gasteiger partial charge >= 0.3 is 5.97 Å². The first-order chi connectivity index (χ1) is 11.5. The van der Waals surface area contributed by atoms with Gasteiger partial charge < -0.3 is 19.3 Å². The number of rotatable bonds is 4. The van der Waals surface area contributed by atoms with Gasteiger partial charge in [0, 0.05) is 12.0 Å². The summed E-state index contributed by atoms with van der Waals surface area (Å²) in [7, 11) is 0. The van der Waals surface area contributed by atoms with Crippen molar-refractivity contribution < 1.29 is 24.1 Å². The second-order valence-electron chi connectivity index (χ2n) is 8.59. The van der Waals surface area contributed by atoms with Crippen LogP contribution in [0.4, 0.5) is 0 Å². The molecule has 2 rings (SSSR count). The zero-order valence-corrected chi connectivity index (χ0v) is 16.2. The van der Waals surface area contributed by atoms with Gasteiger partial charge in [-0.2, -0.15) is 0 Å². The summed E-state index contributed by atoms with van der Waals surface area (Å²) in [6.45, 7) is 11.6. The van der Waals surface area contributed by atoms with Crippen molar-refractivity contribution in [3.63, 3.8) is 0 Å². The summed E-state index contributed by atoms with van der Waals surface area (Å²) in [6.07, 6.45) is 7.08. The van der Waals surface area contributed by atoms with Crippen LogP contribution in [0.25, 0.3) is 0 Å². The van der Waals surface area contributed by atoms with Gasteiger partial charge in [-0.15, -0.1) is 0 Å². The van der Waals surface area contributed by atoms with Gasteiger partial charge in [0.05, 0.1) is 17.8 Å². The molecule has 1 aliphatic carbocycles. The number of hydrogen-bond donors (Lipinski definition) is 1. The molecule has 4 unspecified atom stereocenters. The van der Waals surface area contributed by atoms with Crippen LogP contribution in [-0.2, 0) is 19.0 Å². The van der Waals surface area contributed by atoms with Gasteiger partial charge in [0.15, 0.2) is 5.79 Å². The lowest BCUT2D eigenvalue weighted by Crippen LogP contribution is -2.43. The average Bonchev–Trinajstić information content (AvgIpc) is 2.80. The predicted octanol–water partition coefficient (Wildman–Crippen LogP) is 3.88. The molecule has 144 valence electrons. The highest BCUT2D eigenvalue weighted by Crippen LogP contribution is 2.40. The Morgan fingerprint density at radius 1 is 1.12 bits per heavy atom. The third kappa shape index (κ3) is 6.08. The van der Waals surface area contributed by atoms with E-state index in [1.807, 2.05) is 6.92 Å². The quantitative estimate of drug-likeness (QED) is 0.613. The van der Waals surface area contributed by atoms with Crippen molar-refractivity contribution in [2.24, 2.45) is 0 Å². The molecule has 0 aromatic carbocycles. The molecule has 1 heterocycles. The number of carbonyl (C=O) groups excluding carboxylic acids is 1. The van der Waals surface area contributed by atoms with E-state index in [-0.39, 0.29) is 17.7 Å². The van der Waals surface area contributed by atoms with Crippen LogP contribution >= 0.6 is 0 Å². The summed E-state index contributed by atoms with van der Waals surface area (Å²) >= 11 is 0. The molecule has 4 atom stereocenters. The van der Waals surface area contributed by atoms with Crippen molar-refractivity contribution in [2.75, 3.05) is 6.61 Å². The van der Waals surface area contributed by atoms with Crippen LogP contribution < -0.4 is 0 Å². The maximum atomic E-state index is 11.9. The van der Waals surface area contributed by atoms with E-state index in [4.69, 9.17) is 14.2 Å². The Bertz CT molecular complexity index is 500. The molecule has 25 heavy (non-hydrogen) atoms. The fourth-order valence-electron chi connectivity index (χ4n) is 4.02. The van der Waals surface area contributed by atoms with Crippen molar-refractivity contribution in [1.29, 1.82) is 0 Å². The summed E-state index contributed by atoms with van der Waals surface area (Å²) in [4.78, 5) is 11.9. The third-order valence-corrected chi connectivity index (χ3v) is 5.23. The maximum Gasteiger partial charge on any atom is 0.333 e. The highest BCUT2D eigenvalue weighted by atomic mass is 16.7. The van der Waals surface area contributed by atoms with E-state index in [2.05, 4.69) is 13.5 Å². The van der Waals surface area contributed by atoms with Gasteiger partial charge in [0.2, 0.25) is 0 Å². The Kier molecular flexibility index (Phi) is 6.34. The molecule has 0 radical (unpaired) electrons. The minimum atomic E-state index is -1.12. The van der Waals surface area contributed by atoms with Gasteiger partial charge in [0.1, 0.15) is 6.10 Å². The van der Waals surface area contributed by atoms with E-state index in [9.17, 15) is 9.90 Å². The van der Waals surface area contributed by atoms with Gasteiger partial charge in [-0.1, -0.05) is 19.4 Å². The molecule has 1 aliphatic heterocycles. The minimum Gasteiger partial charge on any atom is -0.459 e. The van der Waals surface area contributed by atoms with E-state index < -0.39 is 11.4 Å². The summed E-state index contributed by atoms with van der Waals surface area (Å²) in [6, 6.07) is 0. The minimum absolute atomic E-state index is 0.0824. The molecule has 0 aromatic rings. The summed E-state index contributed by atoms with van der Waals surface area (Å²) < 4.78 is 17.6. The van der Waals surface area contributed by atoms with E-state index in [1.165, 1.54) is 0 Å². The number of esters is 1. The van der Waals surface area contributed by atoms with E-state index in [0.717, 1.165) is 44.9 Å². The molecule has 0 bridgehead atoms. The zero-order valence-electron chi connectivity index (χ0n) is 16.2. The summed E-state index contributed by atoms with van der Waals surface area (Å²) in [5, 5.41) is 10.1. The molecule has 1 saturated carbocycles. The Hall–Kier alpha value is -0.910. The lowest BCUT2D eigenvalue weighted by molar-refractivity contribution is -0.156. The monoisotopic (exact) mass is 354 g/mol. The van der Waals surface area contributed by atoms with Crippen LogP contribution in [-0.4, -0.2) is 40.8 Å². The molecule has 1 saturated heterocycles. The van der Waals surface area contributed by atoms with Crippen LogP contribution in [0.1, 0.15) is 79.1 Å². The van der Waals surface area contributed by atoms with E-state index >= 15 is 0 Å². The van der Waals surface area contributed by atoms with Crippen molar-refractivity contribution in [3.8, 4) is 0 Å². The number of ether oxygens (including phenoxy) is 3. The topological polar surface area (TPSA) is 65.0 Å². The summed E-state index contributed by atoms with van der Waals surface area (Å²) in [5.74, 6) is -1.43. The Morgan fingerprint density at radius 2 is 1.84 bits per heavy atom. The second kappa shape index (κ2) is 7.77. The van der Waals surface area contributed by atoms with Crippen LogP contribution in [0.5, 0.6) is 0 Å². The fourth-order valence-corrected chi connectivity index (χ4v) is 4.02. The van der Waals surface area contributed by atoms with Gasteiger partial charge in [-0.25, -0.2) is 4.79 Å². The van der Waals surface area contributed by atoms with Crippen molar-refractivity contribution >= 4 is 5.97 Å². The first kappa shape index (κ1) is 20.4. The number of hydrogen-bond acceptors (Lipinski definition) is 5. The molecule has 2 fully saturated rings. The average molecular weight is 354 g/mol. The molecule has 0 spiro atoms.